The number of amides is 1. The highest BCUT2D eigenvalue weighted by atomic mass is 16.2. The van der Waals surface area contributed by atoms with Crippen molar-refractivity contribution in [3.8, 4) is 0 Å². The Morgan fingerprint density at radius 1 is 1.43 bits per heavy atom. The molecule has 6 nitrogen and oxygen atoms in total. The van der Waals surface area contributed by atoms with E-state index in [1.54, 1.807) is 20.5 Å². The number of aromatic nitrogens is 4. The number of hydrogen-bond acceptors (Lipinski definition) is 3. The molecule has 6 heteroatoms. The van der Waals surface area contributed by atoms with Crippen molar-refractivity contribution in [1.82, 2.24) is 24.5 Å². The summed E-state index contributed by atoms with van der Waals surface area (Å²) in [7, 11) is 3.77. The predicted octanol–water partition coefficient (Wildman–Crippen LogP) is 1.66. The maximum absolute atomic E-state index is 12.5. The van der Waals surface area contributed by atoms with Crippen LogP contribution in [0.3, 0.4) is 0 Å². The van der Waals surface area contributed by atoms with Crippen molar-refractivity contribution >= 4 is 5.91 Å². The summed E-state index contributed by atoms with van der Waals surface area (Å²) in [4.78, 5) is 14.3. The summed E-state index contributed by atoms with van der Waals surface area (Å²) >= 11 is 0. The van der Waals surface area contributed by atoms with E-state index >= 15 is 0 Å². The number of rotatable bonds is 7. The van der Waals surface area contributed by atoms with E-state index in [-0.39, 0.29) is 11.9 Å². The molecule has 0 saturated carbocycles. The minimum Gasteiger partial charge on any atom is -0.344 e. The number of likely N-dealkylation sites (N-methyl/N-ethyl adjacent to an activating group) is 1. The Labute approximate surface area is 125 Å². The zero-order valence-corrected chi connectivity index (χ0v) is 12.9. The van der Waals surface area contributed by atoms with Gasteiger partial charge in [-0.3, -0.25) is 14.2 Å². The van der Waals surface area contributed by atoms with E-state index in [2.05, 4.69) is 10.2 Å². The van der Waals surface area contributed by atoms with Crippen LogP contribution in [0.4, 0.5) is 0 Å². The summed E-state index contributed by atoms with van der Waals surface area (Å²) in [6.07, 6.45) is 10.1. The lowest BCUT2D eigenvalue weighted by Crippen LogP contribution is -2.35. The molecule has 2 aromatic heterocycles. The van der Waals surface area contributed by atoms with Crippen LogP contribution in [0.5, 0.6) is 0 Å². The quantitative estimate of drug-likeness (QED) is 0.779. The molecule has 0 fully saturated rings. The van der Waals surface area contributed by atoms with E-state index in [1.165, 1.54) is 5.56 Å². The number of aryl methyl sites for hydroxylation is 2. The van der Waals surface area contributed by atoms with Gasteiger partial charge in [-0.15, -0.1) is 0 Å². The molecule has 2 aromatic rings. The maximum atomic E-state index is 12.5. The third kappa shape index (κ3) is 3.93. The van der Waals surface area contributed by atoms with Crippen molar-refractivity contribution in [2.75, 3.05) is 13.6 Å². The molecule has 0 aliphatic heterocycles. The van der Waals surface area contributed by atoms with Crippen LogP contribution in [0.1, 0.15) is 31.4 Å². The largest absolute Gasteiger partial charge is 0.344 e. The molecule has 21 heavy (non-hydrogen) atoms. The number of hydrogen-bond donors (Lipinski definition) is 0. The van der Waals surface area contributed by atoms with E-state index in [1.807, 2.05) is 45.7 Å². The number of carbonyl (C=O) groups excluding carboxylic acids is 1. The monoisotopic (exact) mass is 289 g/mol. The van der Waals surface area contributed by atoms with Crippen molar-refractivity contribution < 1.29 is 4.79 Å². The van der Waals surface area contributed by atoms with Crippen LogP contribution in [0.15, 0.2) is 30.9 Å². The van der Waals surface area contributed by atoms with Gasteiger partial charge in [0.05, 0.1) is 6.20 Å². The van der Waals surface area contributed by atoms with Crippen LogP contribution < -0.4 is 0 Å². The van der Waals surface area contributed by atoms with Gasteiger partial charge in [0.25, 0.3) is 0 Å². The van der Waals surface area contributed by atoms with E-state index in [9.17, 15) is 4.79 Å². The predicted molar refractivity (Wildman–Crippen MR) is 80.7 cm³/mol. The molecule has 2 heterocycles. The molecule has 0 aliphatic carbocycles. The van der Waals surface area contributed by atoms with Crippen LogP contribution in [0.25, 0.3) is 0 Å². The lowest BCUT2D eigenvalue weighted by Gasteiger charge is -2.23. The summed E-state index contributed by atoms with van der Waals surface area (Å²) in [5.41, 5.74) is 1.21. The third-order valence-corrected chi connectivity index (χ3v) is 3.61. The molecule has 0 spiro atoms. The molecule has 1 amide bonds. The van der Waals surface area contributed by atoms with Crippen molar-refractivity contribution in [3.05, 3.63) is 36.4 Å². The summed E-state index contributed by atoms with van der Waals surface area (Å²) < 4.78 is 3.54. The molecule has 114 valence electrons. The van der Waals surface area contributed by atoms with Crippen molar-refractivity contribution in [3.63, 3.8) is 0 Å². The maximum Gasteiger partial charge on any atom is 0.247 e. The standard InChI is InChI=1S/C15H23N5O/c1-4-14(20-10-6-8-16-20)15(21)18(2)9-5-7-13-11-17-19(3)12-13/h6,8,10-12,14H,4-5,7,9H2,1-3H3/t14-/m1/s1. The Hall–Kier alpha value is -2.11. The highest BCUT2D eigenvalue weighted by Crippen LogP contribution is 2.13. The molecule has 0 aliphatic rings. The zero-order chi connectivity index (χ0) is 15.2. The van der Waals surface area contributed by atoms with Crippen LogP contribution in [0, 0.1) is 0 Å². The molecule has 0 saturated heterocycles. The molecule has 1 atom stereocenters. The molecular weight excluding hydrogens is 266 g/mol. The van der Waals surface area contributed by atoms with Gasteiger partial charge in [0.2, 0.25) is 5.91 Å². The SMILES string of the molecule is CC[C@H](C(=O)N(C)CCCc1cnn(C)c1)n1cccn1. The summed E-state index contributed by atoms with van der Waals surface area (Å²) in [5.74, 6) is 0.118. The molecule has 2 rings (SSSR count). The summed E-state index contributed by atoms with van der Waals surface area (Å²) in [6.45, 7) is 2.75. The van der Waals surface area contributed by atoms with Gasteiger partial charge in [-0.2, -0.15) is 10.2 Å². The fourth-order valence-corrected chi connectivity index (χ4v) is 2.43. The van der Waals surface area contributed by atoms with Crippen molar-refractivity contribution in [2.24, 2.45) is 7.05 Å². The first-order valence-corrected chi connectivity index (χ1v) is 7.33. The van der Waals surface area contributed by atoms with Gasteiger partial charge in [-0.25, -0.2) is 0 Å². The lowest BCUT2D eigenvalue weighted by atomic mass is 10.1. The van der Waals surface area contributed by atoms with E-state index in [0.29, 0.717) is 0 Å². The Balaban J connectivity index is 1.84. The van der Waals surface area contributed by atoms with Gasteiger partial charge in [0.1, 0.15) is 6.04 Å². The minimum absolute atomic E-state index is 0.118. The lowest BCUT2D eigenvalue weighted by molar-refractivity contribution is -0.133. The molecule has 0 N–H and O–H groups in total. The second kappa shape index (κ2) is 7.06. The summed E-state index contributed by atoms with van der Waals surface area (Å²) in [6, 6.07) is 1.64. The molecular formula is C15H23N5O. The van der Waals surface area contributed by atoms with Crippen LogP contribution in [0.2, 0.25) is 0 Å². The normalized spacial score (nSPS) is 12.3. The Bertz CT molecular complexity index is 560. The average Bonchev–Trinajstić information content (AvgIpc) is 3.11. The Kier molecular flexibility index (Phi) is 5.14. The molecule has 0 radical (unpaired) electrons. The smallest absolute Gasteiger partial charge is 0.247 e. The van der Waals surface area contributed by atoms with E-state index in [4.69, 9.17) is 0 Å². The summed E-state index contributed by atoms with van der Waals surface area (Å²) in [5, 5.41) is 8.33. The van der Waals surface area contributed by atoms with Crippen LogP contribution in [-0.2, 0) is 18.3 Å². The highest BCUT2D eigenvalue weighted by molar-refractivity contribution is 5.80. The van der Waals surface area contributed by atoms with Gasteiger partial charge < -0.3 is 4.90 Å². The number of nitrogens with zero attached hydrogens (tertiary/aromatic N) is 5. The van der Waals surface area contributed by atoms with Crippen LogP contribution >= 0.6 is 0 Å². The highest BCUT2D eigenvalue weighted by Gasteiger charge is 2.21. The first-order valence-electron chi connectivity index (χ1n) is 7.33. The molecule has 0 unspecified atom stereocenters. The zero-order valence-electron chi connectivity index (χ0n) is 12.9. The van der Waals surface area contributed by atoms with Gasteiger partial charge >= 0.3 is 0 Å². The van der Waals surface area contributed by atoms with Crippen molar-refractivity contribution in [2.45, 2.75) is 32.2 Å². The average molecular weight is 289 g/mol. The first kappa shape index (κ1) is 15.3. The Morgan fingerprint density at radius 3 is 2.81 bits per heavy atom. The second-order valence-corrected chi connectivity index (χ2v) is 5.30. The molecule has 0 aromatic carbocycles. The van der Waals surface area contributed by atoms with Crippen LogP contribution in [-0.4, -0.2) is 44.0 Å². The Morgan fingerprint density at radius 2 is 2.24 bits per heavy atom. The molecule has 0 bridgehead atoms. The number of carbonyl (C=O) groups is 1. The van der Waals surface area contributed by atoms with Gasteiger partial charge in [-0.1, -0.05) is 6.92 Å². The fourth-order valence-electron chi connectivity index (χ4n) is 2.43. The van der Waals surface area contributed by atoms with E-state index < -0.39 is 0 Å². The van der Waals surface area contributed by atoms with Gasteiger partial charge in [0.15, 0.2) is 0 Å². The van der Waals surface area contributed by atoms with Gasteiger partial charge in [-0.05, 0) is 30.9 Å². The fraction of sp³-hybridized carbons (Fsp3) is 0.533. The third-order valence-electron chi connectivity index (χ3n) is 3.61. The second-order valence-electron chi connectivity index (χ2n) is 5.30. The first-order chi connectivity index (χ1) is 10.1. The topological polar surface area (TPSA) is 56.0 Å². The van der Waals surface area contributed by atoms with Crippen molar-refractivity contribution in [1.29, 1.82) is 0 Å². The van der Waals surface area contributed by atoms with Gasteiger partial charge in [0, 0.05) is 39.2 Å². The minimum atomic E-state index is -0.205. The van der Waals surface area contributed by atoms with E-state index in [0.717, 1.165) is 25.8 Å².